The number of amides is 2. The van der Waals surface area contributed by atoms with Crippen molar-refractivity contribution in [3.63, 3.8) is 0 Å². The second kappa shape index (κ2) is 8.33. The van der Waals surface area contributed by atoms with E-state index >= 15 is 0 Å². The summed E-state index contributed by atoms with van der Waals surface area (Å²) in [5, 5.41) is 2.86. The zero-order valence-electron chi connectivity index (χ0n) is 19.0. The van der Waals surface area contributed by atoms with Gasteiger partial charge in [-0.3, -0.25) is 14.4 Å². The van der Waals surface area contributed by atoms with Crippen LogP contribution in [0.3, 0.4) is 0 Å². The summed E-state index contributed by atoms with van der Waals surface area (Å²) in [6.45, 7) is 8.42. The number of piperazine rings is 1. The Morgan fingerprint density at radius 3 is 2.50 bits per heavy atom. The maximum atomic E-state index is 13.0. The number of nitrogens with one attached hydrogen (secondary N) is 1. The molecule has 0 radical (unpaired) electrons. The van der Waals surface area contributed by atoms with Gasteiger partial charge in [-0.05, 0) is 17.5 Å². The number of nitrogens with zero attached hydrogens (tertiary/aromatic N) is 2. The van der Waals surface area contributed by atoms with Crippen molar-refractivity contribution >= 4 is 29.0 Å². The zero-order chi connectivity index (χ0) is 23.0. The molecule has 1 aromatic carbocycles. The van der Waals surface area contributed by atoms with Gasteiger partial charge in [-0.2, -0.15) is 0 Å². The second-order valence-corrected chi connectivity index (χ2v) is 9.22. The van der Waals surface area contributed by atoms with Crippen LogP contribution in [0.4, 0.5) is 11.4 Å². The van der Waals surface area contributed by atoms with Crippen LogP contribution in [0.15, 0.2) is 28.9 Å². The number of fused-ring (bicyclic) bond motifs is 1. The summed E-state index contributed by atoms with van der Waals surface area (Å²) in [6, 6.07) is 5.58. The second-order valence-electron chi connectivity index (χ2n) is 9.22. The quantitative estimate of drug-likeness (QED) is 0.785. The fourth-order valence-electron chi connectivity index (χ4n) is 4.47. The molecular formula is C24H29N3O5. The van der Waals surface area contributed by atoms with Crippen LogP contribution >= 0.6 is 0 Å². The maximum absolute atomic E-state index is 13.0. The number of methoxy groups -OCH3 is 1. The molecule has 170 valence electrons. The van der Waals surface area contributed by atoms with Gasteiger partial charge in [0.15, 0.2) is 5.78 Å². The van der Waals surface area contributed by atoms with E-state index < -0.39 is 5.91 Å². The molecule has 1 N–H and O–H groups in total. The fraction of sp³-hybridized carbons (Fsp3) is 0.458. The van der Waals surface area contributed by atoms with Crippen LogP contribution in [0.2, 0.25) is 0 Å². The third-order valence-corrected chi connectivity index (χ3v) is 6.19. The third kappa shape index (κ3) is 4.22. The molecule has 1 fully saturated rings. The highest BCUT2D eigenvalue weighted by Crippen LogP contribution is 2.37. The normalized spacial score (nSPS) is 17.7. The zero-order valence-corrected chi connectivity index (χ0v) is 19.0. The number of hydrogen-bond donors (Lipinski definition) is 1. The number of carbonyl (C=O) groups is 3. The largest absolute Gasteiger partial charge is 0.494 e. The minimum absolute atomic E-state index is 0.0674. The number of ketones is 1. The van der Waals surface area contributed by atoms with Gasteiger partial charge in [-0.25, -0.2) is 0 Å². The molecule has 2 aromatic rings. The molecule has 1 aliphatic heterocycles. The van der Waals surface area contributed by atoms with E-state index in [1.54, 1.807) is 20.1 Å². The summed E-state index contributed by atoms with van der Waals surface area (Å²) < 4.78 is 11.1. The number of ether oxygens (including phenoxy) is 1. The van der Waals surface area contributed by atoms with Crippen molar-refractivity contribution in [1.82, 2.24) is 4.90 Å². The lowest BCUT2D eigenvalue weighted by Crippen LogP contribution is -2.48. The van der Waals surface area contributed by atoms with Crippen molar-refractivity contribution in [2.45, 2.75) is 33.6 Å². The molecule has 0 unspecified atom stereocenters. The lowest BCUT2D eigenvalue weighted by Gasteiger charge is -2.35. The molecule has 0 saturated carbocycles. The van der Waals surface area contributed by atoms with Crippen molar-refractivity contribution < 1.29 is 23.5 Å². The Bertz CT molecular complexity index is 1060. The highest BCUT2D eigenvalue weighted by molar-refractivity contribution is 6.14. The van der Waals surface area contributed by atoms with E-state index in [9.17, 15) is 14.4 Å². The van der Waals surface area contributed by atoms with Gasteiger partial charge in [0.05, 0.1) is 23.9 Å². The van der Waals surface area contributed by atoms with Crippen molar-refractivity contribution in [2.75, 3.05) is 43.5 Å². The van der Waals surface area contributed by atoms with Crippen molar-refractivity contribution in [2.24, 2.45) is 5.41 Å². The van der Waals surface area contributed by atoms with E-state index in [-0.39, 0.29) is 22.7 Å². The van der Waals surface area contributed by atoms with Crippen LogP contribution in [-0.2, 0) is 11.2 Å². The summed E-state index contributed by atoms with van der Waals surface area (Å²) >= 11 is 0. The third-order valence-electron chi connectivity index (χ3n) is 6.19. The molecule has 4 rings (SSSR count). The van der Waals surface area contributed by atoms with Crippen LogP contribution in [0.5, 0.6) is 5.75 Å². The predicted octanol–water partition coefficient (Wildman–Crippen LogP) is 3.36. The summed E-state index contributed by atoms with van der Waals surface area (Å²) in [5.41, 5.74) is 1.95. The van der Waals surface area contributed by atoms with Gasteiger partial charge in [0.2, 0.25) is 5.91 Å². The number of Topliss-reactive ketones (excluding diaryl/α,β-unsaturated/α-hetero) is 1. The van der Waals surface area contributed by atoms with E-state index in [4.69, 9.17) is 9.15 Å². The van der Waals surface area contributed by atoms with Crippen LogP contribution in [0, 0.1) is 5.41 Å². The molecule has 1 aliphatic carbocycles. The molecule has 32 heavy (non-hydrogen) atoms. The van der Waals surface area contributed by atoms with E-state index in [0.29, 0.717) is 48.7 Å². The summed E-state index contributed by atoms with van der Waals surface area (Å²) in [6.07, 6.45) is 2.37. The van der Waals surface area contributed by atoms with Gasteiger partial charge in [-0.15, -0.1) is 0 Å². The molecule has 0 atom stereocenters. The highest BCUT2D eigenvalue weighted by atomic mass is 16.5. The summed E-state index contributed by atoms with van der Waals surface area (Å²) in [7, 11) is 1.55. The minimum atomic E-state index is -0.399. The Balaban J connectivity index is 1.51. The molecule has 1 saturated heterocycles. The average molecular weight is 440 g/mol. The molecule has 2 aliphatic rings. The Kier molecular flexibility index (Phi) is 5.71. The topological polar surface area (TPSA) is 92.1 Å². The molecule has 8 nitrogen and oxygen atoms in total. The molecule has 1 aromatic heterocycles. The molecular weight excluding hydrogens is 410 g/mol. The van der Waals surface area contributed by atoms with Gasteiger partial charge in [0, 0.05) is 57.7 Å². The number of benzene rings is 1. The van der Waals surface area contributed by atoms with Crippen molar-refractivity contribution in [1.29, 1.82) is 0 Å². The van der Waals surface area contributed by atoms with Crippen LogP contribution in [-0.4, -0.2) is 55.8 Å². The van der Waals surface area contributed by atoms with E-state index in [2.05, 4.69) is 10.2 Å². The molecule has 0 spiro atoms. The van der Waals surface area contributed by atoms with Crippen LogP contribution in [0.1, 0.15) is 53.7 Å². The average Bonchev–Trinajstić information content (AvgIpc) is 3.17. The standard InChI is InChI=1S/C24H29N3O5/c1-15(28)26-7-9-27(10-8-26)16-5-6-18(20(11-16)31-4)25-23(30)17-14-32-21-13-24(2,3)12-19(29)22(17)21/h5-6,11,14H,7-10,12-13H2,1-4H3,(H,25,30). The summed E-state index contributed by atoms with van der Waals surface area (Å²) in [4.78, 5) is 41.2. The first-order valence-electron chi connectivity index (χ1n) is 10.8. The highest BCUT2D eigenvalue weighted by Gasteiger charge is 2.36. The minimum Gasteiger partial charge on any atom is -0.494 e. The van der Waals surface area contributed by atoms with Gasteiger partial charge in [-0.1, -0.05) is 13.8 Å². The van der Waals surface area contributed by atoms with Crippen LogP contribution < -0.4 is 15.0 Å². The Morgan fingerprint density at radius 1 is 1.12 bits per heavy atom. The SMILES string of the molecule is COc1cc(N2CCN(C(C)=O)CC2)ccc1NC(=O)c1coc2c1C(=O)CC(C)(C)C2. The van der Waals surface area contributed by atoms with Crippen molar-refractivity contribution in [3.8, 4) is 5.75 Å². The lowest BCUT2D eigenvalue weighted by atomic mass is 9.76. The van der Waals surface area contributed by atoms with Gasteiger partial charge in [0.1, 0.15) is 17.8 Å². The smallest absolute Gasteiger partial charge is 0.259 e. The van der Waals surface area contributed by atoms with E-state index in [1.165, 1.54) is 6.26 Å². The molecule has 2 heterocycles. The number of rotatable bonds is 4. The Hall–Kier alpha value is -3.29. The Labute approximate surface area is 187 Å². The van der Waals surface area contributed by atoms with Crippen LogP contribution in [0.25, 0.3) is 0 Å². The monoisotopic (exact) mass is 439 g/mol. The first-order chi connectivity index (χ1) is 15.2. The number of hydrogen-bond acceptors (Lipinski definition) is 6. The maximum Gasteiger partial charge on any atom is 0.259 e. The van der Waals surface area contributed by atoms with Gasteiger partial charge in [0.25, 0.3) is 5.91 Å². The number of carbonyl (C=O) groups excluding carboxylic acids is 3. The number of furan rings is 1. The fourth-order valence-corrected chi connectivity index (χ4v) is 4.47. The predicted molar refractivity (Wildman–Crippen MR) is 121 cm³/mol. The van der Waals surface area contributed by atoms with E-state index in [0.717, 1.165) is 18.8 Å². The summed E-state index contributed by atoms with van der Waals surface area (Å²) in [5.74, 6) is 0.716. The van der Waals surface area contributed by atoms with Gasteiger partial charge >= 0.3 is 0 Å². The molecule has 0 bridgehead atoms. The first kappa shape index (κ1) is 21.9. The van der Waals surface area contributed by atoms with Crippen molar-refractivity contribution in [3.05, 3.63) is 41.3 Å². The molecule has 8 heteroatoms. The lowest BCUT2D eigenvalue weighted by molar-refractivity contribution is -0.129. The first-order valence-corrected chi connectivity index (χ1v) is 10.8. The Morgan fingerprint density at radius 2 is 1.84 bits per heavy atom. The van der Waals surface area contributed by atoms with Gasteiger partial charge < -0.3 is 24.3 Å². The number of anilines is 2. The van der Waals surface area contributed by atoms with E-state index in [1.807, 2.05) is 30.9 Å². The molecule has 2 amide bonds.